The van der Waals surface area contributed by atoms with Crippen LogP contribution in [0.2, 0.25) is 0 Å². The Morgan fingerprint density at radius 1 is 0.970 bits per heavy atom. The van der Waals surface area contributed by atoms with Crippen LogP contribution in [-0.4, -0.2) is 79.1 Å². The second-order valence-corrected chi connectivity index (χ2v) is 10.7. The van der Waals surface area contributed by atoms with Gasteiger partial charge in [-0.1, -0.05) is 34.8 Å². The number of hydrogen-bond donors (Lipinski definition) is 2. The van der Waals surface area contributed by atoms with Crippen molar-refractivity contribution in [1.82, 2.24) is 5.09 Å². The zero-order chi connectivity index (χ0) is 25.6. The molecule has 0 saturated carbocycles. The summed E-state index contributed by atoms with van der Waals surface area (Å²) in [4.78, 5) is 34.9. The molecule has 1 aliphatic rings. The van der Waals surface area contributed by atoms with E-state index >= 15 is 0 Å². The maximum Gasteiger partial charge on any atom is 0.405 e. The van der Waals surface area contributed by atoms with Crippen LogP contribution >= 0.6 is 42.5 Å². The minimum Gasteiger partial charge on any atom is -0.463 e. The van der Waals surface area contributed by atoms with E-state index in [1.165, 1.54) is 0 Å². The number of halogens is 3. The van der Waals surface area contributed by atoms with Crippen molar-refractivity contribution in [2.24, 2.45) is 0 Å². The van der Waals surface area contributed by atoms with Gasteiger partial charge in [0.25, 0.3) is 3.79 Å². The lowest BCUT2D eigenvalue weighted by molar-refractivity contribution is -0.259. The number of hydrogen-bond acceptors (Lipinski definition) is 12. The number of carbonyl (C=O) groups excluding carboxylic acids is 3. The molecule has 1 heterocycles. The summed E-state index contributed by atoms with van der Waals surface area (Å²) in [6.45, 7) is 2.78. The molecule has 0 spiro atoms. The Bertz CT molecular complexity index is 786. The number of nitrogens with one attached hydrogen (secondary N) is 2. The van der Waals surface area contributed by atoms with E-state index in [1.807, 2.05) is 0 Å². The van der Waals surface area contributed by atoms with E-state index in [9.17, 15) is 18.9 Å². The van der Waals surface area contributed by atoms with Crippen LogP contribution in [0.1, 0.15) is 20.8 Å². The smallest absolute Gasteiger partial charge is 0.405 e. The minimum atomic E-state index is -4.06. The van der Waals surface area contributed by atoms with Crippen molar-refractivity contribution < 1.29 is 51.7 Å². The van der Waals surface area contributed by atoms with E-state index in [2.05, 4.69) is 5.09 Å². The van der Waals surface area contributed by atoms with Crippen LogP contribution in [0.3, 0.4) is 0 Å². The first kappa shape index (κ1) is 29.9. The maximum atomic E-state index is 12.8. The molecule has 13 nitrogen and oxygen atoms in total. The summed E-state index contributed by atoms with van der Waals surface area (Å²) in [5.41, 5.74) is 0. The third-order valence-corrected chi connectivity index (χ3v) is 6.07. The average molecular weight is 558 g/mol. The van der Waals surface area contributed by atoms with Crippen molar-refractivity contribution in [2.45, 2.75) is 55.2 Å². The molecule has 1 rings (SSSR count). The quantitative estimate of drug-likeness (QED) is 0.106. The summed E-state index contributed by atoms with van der Waals surface area (Å²) in [5, 5.41) is 10.3. The molecule has 33 heavy (non-hydrogen) atoms. The number of carbonyl (C=O) groups is 3. The zero-order valence-corrected chi connectivity index (χ0v) is 21.3. The van der Waals surface area contributed by atoms with E-state index in [-0.39, 0.29) is 0 Å². The van der Waals surface area contributed by atoms with Crippen LogP contribution < -0.4 is 5.09 Å². The second-order valence-electron chi connectivity index (χ2n) is 6.46. The summed E-state index contributed by atoms with van der Waals surface area (Å²) in [7, 11) is -1.93. The lowest BCUT2D eigenvalue weighted by Crippen LogP contribution is -2.66. The minimum absolute atomic E-state index is 0.481. The lowest BCUT2D eigenvalue weighted by atomic mass is 9.97. The van der Waals surface area contributed by atoms with Crippen molar-refractivity contribution >= 4 is 66.4 Å². The highest BCUT2D eigenvalue weighted by Crippen LogP contribution is 2.44. The molecule has 1 fully saturated rings. The molecule has 0 unspecified atom stereocenters. The largest absolute Gasteiger partial charge is 0.463 e. The zero-order valence-electron chi connectivity index (χ0n) is 18.2. The molecule has 0 amide bonds. The highest BCUT2D eigenvalue weighted by Gasteiger charge is 2.54. The van der Waals surface area contributed by atoms with Gasteiger partial charge in [-0.3, -0.25) is 19.8 Å². The Kier molecular flexibility index (Phi) is 11.3. The molecule has 1 saturated heterocycles. The van der Waals surface area contributed by atoms with Gasteiger partial charge in [-0.2, -0.15) is 0 Å². The summed E-state index contributed by atoms with van der Waals surface area (Å²) < 4.78 is 46.7. The van der Waals surface area contributed by atoms with Gasteiger partial charge in [-0.25, -0.2) is 9.65 Å². The van der Waals surface area contributed by atoms with Gasteiger partial charge in [0.15, 0.2) is 12.2 Å². The molecule has 2 N–H and O–H groups in total. The Hall–Kier alpha value is -1.18. The SMILES string of the molecule is COP(=O)(N[C@H]1[C@@H](OC(=N)C(Cl)(Cl)Cl)O[C@H](COC(C)=O)[C@@H](OC(C)=O)[C@@H]1OC(C)=O)OC. The van der Waals surface area contributed by atoms with Crippen LogP contribution in [0, 0.1) is 5.41 Å². The van der Waals surface area contributed by atoms with Gasteiger partial charge < -0.3 is 32.7 Å². The lowest BCUT2D eigenvalue weighted by Gasteiger charge is -2.45. The predicted molar refractivity (Wildman–Crippen MR) is 114 cm³/mol. The number of alkyl halides is 3. The summed E-state index contributed by atoms with van der Waals surface area (Å²) >= 11 is 17.0. The third-order valence-electron chi connectivity index (χ3n) is 3.98. The number of esters is 3. The molecule has 0 aromatic heterocycles. The van der Waals surface area contributed by atoms with E-state index in [1.54, 1.807) is 0 Å². The van der Waals surface area contributed by atoms with Gasteiger partial charge in [0, 0.05) is 35.0 Å². The molecule has 0 radical (unpaired) electrons. The predicted octanol–water partition coefficient (Wildman–Crippen LogP) is 1.86. The van der Waals surface area contributed by atoms with Crippen LogP contribution in [0.5, 0.6) is 0 Å². The third kappa shape index (κ3) is 9.18. The molecule has 0 bridgehead atoms. The van der Waals surface area contributed by atoms with Crippen LogP contribution in [-0.2, 0) is 51.7 Å². The molecule has 1 aliphatic heterocycles. The molecule has 17 heteroatoms. The van der Waals surface area contributed by atoms with E-state index < -0.39 is 72.6 Å². The van der Waals surface area contributed by atoms with Crippen molar-refractivity contribution in [3.63, 3.8) is 0 Å². The van der Waals surface area contributed by atoms with E-state index in [0.717, 1.165) is 35.0 Å². The second kappa shape index (κ2) is 12.5. The summed E-state index contributed by atoms with van der Waals surface area (Å²) in [5.74, 6) is -3.24. The number of rotatable bonds is 9. The highest BCUT2D eigenvalue weighted by molar-refractivity contribution is 7.51. The van der Waals surface area contributed by atoms with Crippen molar-refractivity contribution in [2.75, 3.05) is 20.8 Å². The first-order valence-electron chi connectivity index (χ1n) is 9.08. The Labute approximate surface area is 204 Å². The van der Waals surface area contributed by atoms with E-state index in [4.69, 9.17) is 72.9 Å². The topological polar surface area (TPSA) is 169 Å². The Morgan fingerprint density at radius 3 is 1.91 bits per heavy atom. The molecular formula is C16H24Cl3N2O11P. The molecule has 5 atom stereocenters. The summed E-state index contributed by atoms with van der Waals surface area (Å²) in [6.07, 6.45) is -5.82. The van der Waals surface area contributed by atoms with Gasteiger partial charge >= 0.3 is 25.7 Å². The first-order valence-corrected chi connectivity index (χ1v) is 11.8. The van der Waals surface area contributed by atoms with Gasteiger partial charge in [-0.05, 0) is 0 Å². The Morgan fingerprint density at radius 2 is 1.48 bits per heavy atom. The molecule has 0 aromatic rings. The fourth-order valence-corrected chi connectivity index (χ4v) is 3.81. The fourth-order valence-electron chi connectivity index (χ4n) is 2.69. The average Bonchev–Trinajstić information content (AvgIpc) is 2.69. The standard InChI is InChI=1S/C16H24Cl3N2O11P/c1-7(22)28-6-10-12(29-8(2)23)13(30-9(3)24)11(21-33(25,26-4)27-5)14(31-10)32-15(20)16(17,18)19/h10-14,20H,6H2,1-5H3,(H,21,25)/t10-,11-,12-,13-,14-/m1/s1. The molecule has 0 aliphatic carbocycles. The highest BCUT2D eigenvalue weighted by atomic mass is 35.6. The van der Waals surface area contributed by atoms with E-state index in [0.29, 0.717) is 0 Å². The van der Waals surface area contributed by atoms with Crippen LogP contribution in [0.4, 0.5) is 0 Å². The Balaban J connectivity index is 3.53. The van der Waals surface area contributed by atoms with Gasteiger partial charge in [-0.15, -0.1) is 0 Å². The summed E-state index contributed by atoms with van der Waals surface area (Å²) in [6, 6.07) is -1.47. The number of ether oxygens (including phenoxy) is 5. The van der Waals surface area contributed by atoms with Crippen LogP contribution in [0.15, 0.2) is 0 Å². The van der Waals surface area contributed by atoms with Crippen molar-refractivity contribution in [3.05, 3.63) is 0 Å². The van der Waals surface area contributed by atoms with Gasteiger partial charge in [0.05, 0.1) is 0 Å². The fraction of sp³-hybridized carbons (Fsp3) is 0.750. The molecular weight excluding hydrogens is 534 g/mol. The van der Waals surface area contributed by atoms with Crippen LogP contribution in [0.25, 0.3) is 0 Å². The maximum absolute atomic E-state index is 12.8. The first-order chi connectivity index (χ1) is 15.1. The van der Waals surface area contributed by atoms with Crippen molar-refractivity contribution in [1.29, 1.82) is 5.41 Å². The van der Waals surface area contributed by atoms with Gasteiger partial charge in [0.1, 0.15) is 18.8 Å². The normalized spacial score (nSPS) is 25.6. The monoisotopic (exact) mass is 556 g/mol. The molecule has 0 aromatic carbocycles. The van der Waals surface area contributed by atoms with Crippen molar-refractivity contribution in [3.8, 4) is 0 Å². The van der Waals surface area contributed by atoms with Gasteiger partial charge in [0.2, 0.25) is 12.2 Å². The molecule has 190 valence electrons.